The molecule has 0 atom stereocenters. The molecule has 0 aliphatic heterocycles. The molecule has 18 heavy (non-hydrogen) atoms. The molecular formula is C15H25NO2. The summed E-state index contributed by atoms with van der Waals surface area (Å²) in [4.78, 5) is 11.0. The van der Waals surface area contributed by atoms with Crippen LogP contribution in [0.3, 0.4) is 0 Å². The molecule has 102 valence electrons. The fourth-order valence-electron chi connectivity index (χ4n) is 2.04. The van der Waals surface area contributed by atoms with Crippen molar-refractivity contribution in [1.29, 1.82) is 0 Å². The van der Waals surface area contributed by atoms with Gasteiger partial charge in [0.25, 0.3) is 0 Å². The first-order chi connectivity index (χ1) is 8.25. The molecule has 3 nitrogen and oxygen atoms in total. The molecule has 0 fully saturated rings. The van der Waals surface area contributed by atoms with E-state index >= 15 is 0 Å². The van der Waals surface area contributed by atoms with E-state index in [1.54, 1.807) is 12.1 Å². The molecule has 0 aliphatic carbocycles. The highest BCUT2D eigenvalue weighted by Gasteiger charge is 2.07. The molecule has 0 spiro atoms. The molecule has 4 N–H and O–H groups in total. The summed E-state index contributed by atoms with van der Waals surface area (Å²) >= 11 is 0. The molecule has 0 bridgehead atoms. The second kappa shape index (κ2) is 9.66. The Morgan fingerprint density at radius 1 is 1.06 bits per heavy atom. The largest absolute Gasteiger partial charge is 0.478 e. The average molecular weight is 251 g/mol. The van der Waals surface area contributed by atoms with Crippen LogP contribution in [0.25, 0.3) is 0 Å². The van der Waals surface area contributed by atoms with Crippen LogP contribution < -0.4 is 6.15 Å². The zero-order valence-electron chi connectivity index (χ0n) is 11.3. The number of rotatable bonds is 8. The number of hydrogen-bond acceptors (Lipinski definition) is 2. The van der Waals surface area contributed by atoms with Crippen LogP contribution in [-0.4, -0.2) is 11.1 Å². The minimum absolute atomic E-state index is 0. The van der Waals surface area contributed by atoms with Crippen molar-refractivity contribution in [2.75, 3.05) is 0 Å². The van der Waals surface area contributed by atoms with Crippen molar-refractivity contribution in [1.82, 2.24) is 6.15 Å². The van der Waals surface area contributed by atoms with Gasteiger partial charge in [-0.1, -0.05) is 57.2 Å². The first-order valence-corrected chi connectivity index (χ1v) is 6.57. The molecular weight excluding hydrogens is 226 g/mol. The molecule has 1 aromatic rings. The fraction of sp³-hybridized carbons (Fsp3) is 0.533. The maximum Gasteiger partial charge on any atom is 0.335 e. The first-order valence-electron chi connectivity index (χ1n) is 6.57. The molecule has 1 aromatic carbocycles. The van der Waals surface area contributed by atoms with Gasteiger partial charge in [0.05, 0.1) is 5.56 Å². The smallest absolute Gasteiger partial charge is 0.335 e. The van der Waals surface area contributed by atoms with Gasteiger partial charge >= 0.3 is 5.97 Å². The number of benzene rings is 1. The highest BCUT2D eigenvalue weighted by atomic mass is 16.4. The van der Waals surface area contributed by atoms with Gasteiger partial charge in [-0.2, -0.15) is 0 Å². The molecule has 0 aliphatic rings. The quantitative estimate of drug-likeness (QED) is 0.670. The van der Waals surface area contributed by atoms with Crippen LogP contribution >= 0.6 is 0 Å². The first kappa shape index (κ1) is 16.6. The number of hydrogen-bond donors (Lipinski definition) is 2. The Morgan fingerprint density at radius 2 is 1.67 bits per heavy atom. The van der Waals surface area contributed by atoms with Crippen LogP contribution in [0.15, 0.2) is 24.3 Å². The molecule has 0 saturated carbocycles. The Bertz CT molecular complexity index is 350. The van der Waals surface area contributed by atoms with Crippen LogP contribution in [0.5, 0.6) is 0 Å². The van der Waals surface area contributed by atoms with E-state index in [1.807, 2.05) is 12.1 Å². The van der Waals surface area contributed by atoms with Gasteiger partial charge in [-0.3, -0.25) is 0 Å². The van der Waals surface area contributed by atoms with Crippen molar-refractivity contribution in [3.8, 4) is 0 Å². The van der Waals surface area contributed by atoms with Gasteiger partial charge < -0.3 is 11.3 Å². The maximum absolute atomic E-state index is 11.0. The van der Waals surface area contributed by atoms with Crippen LogP contribution in [0.4, 0.5) is 0 Å². The third-order valence-electron chi connectivity index (χ3n) is 3.05. The highest BCUT2D eigenvalue weighted by molar-refractivity contribution is 5.89. The molecule has 3 heteroatoms. The van der Waals surface area contributed by atoms with E-state index in [-0.39, 0.29) is 6.15 Å². The van der Waals surface area contributed by atoms with Gasteiger partial charge in [0.15, 0.2) is 0 Å². The Hall–Kier alpha value is -1.35. The lowest BCUT2D eigenvalue weighted by molar-refractivity contribution is 0.0695. The molecule has 0 amide bonds. The minimum Gasteiger partial charge on any atom is -0.478 e. The molecule has 0 aromatic heterocycles. The second-order valence-electron chi connectivity index (χ2n) is 4.48. The lowest BCUT2D eigenvalue weighted by atomic mass is 10.0. The third kappa shape index (κ3) is 5.82. The van der Waals surface area contributed by atoms with Gasteiger partial charge in [-0.15, -0.1) is 0 Å². The van der Waals surface area contributed by atoms with Crippen LogP contribution in [-0.2, 0) is 6.42 Å². The summed E-state index contributed by atoms with van der Waals surface area (Å²) in [6, 6.07) is 7.32. The van der Waals surface area contributed by atoms with Gasteiger partial charge in [-0.05, 0) is 24.5 Å². The minimum atomic E-state index is -0.813. The number of carbonyl (C=O) groups is 1. The van der Waals surface area contributed by atoms with E-state index in [0.29, 0.717) is 5.56 Å². The van der Waals surface area contributed by atoms with E-state index in [9.17, 15) is 4.79 Å². The van der Waals surface area contributed by atoms with Crippen LogP contribution in [0.1, 0.15) is 61.4 Å². The fourth-order valence-corrected chi connectivity index (χ4v) is 2.04. The van der Waals surface area contributed by atoms with E-state index < -0.39 is 5.97 Å². The van der Waals surface area contributed by atoms with Crippen molar-refractivity contribution in [2.45, 2.75) is 51.9 Å². The van der Waals surface area contributed by atoms with Crippen molar-refractivity contribution < 1.29 is 9.90 Å². The third-order valence-corrected chi connectivity index (χ3v) is 3.05. The Morgan fingerprint density at radius 3 is 2.33 bits per heavy atom. The van der Waals surface area contributed by atoms with Crippen molar-refractivity contribution >= 4 is 5.97 Å². The summed E-state index contributed by atoms with van der Waals surface area (Å²) in [6.07, 6.45) is 8.32. The topological polar surface area (TPSA) is 72.3 Å². The maximum atomic E-state index is 11.0. The van der Waals surface area contributed by atoms with Crippen molar-refractivity contribution in [3.05, 3.63) is 35.4 Å². The Labute approximate surface area is 110 Å². The highest BCUT2D eigenvalue weighted by Crippen LogP contribution is 2.14. The summed E-state index contributed by atoms with van der Waals surface area (Å²) < 4.78 is 0. The van der Waals surface area contributed by atoms with E-state index in [4.69, 9.17) is 5.11 Å². The molecule has 0 unspecified atom stereocenters. The lowest BCUT2D eigenvalue weighted by Gasteiger charge is -2.05. The van der Waals surface area contributed by atoms with Gasteiger partial charge in [0, 0.05) is 0 Å². The van der Waals surface area contributed by atoms with Crippen molar-refractivity contribution in [2.24, 2.45) is 0 Å². The number of aromatic carboxylic acids is 1. The summed E-state index contributed by atoms with van der Waals surface area (Å²) in [5.74, 6) is -0.813. The van der Waals surface area contributed by atoms with Crippen LogP contribution in [0, 0.1) is 0 Å². The number of aryl methyl sites for hydroxylation is 1. The normalized spacial score (nSPS) is 9.83. The van der Waals surface area contributed by atoms with E-state index in [2.05, 4.69) is 6.92 Å². The second-order valence-corrected chi connectivity index (χ2v) is 4.48. The number of unbranched alkanes of at least 4 members (excludes halogenated alkanes) is 5. The Balaban J connectivity index is 0.00000289. The van der Waals surface area contributed by atoms with E-state index in [0.717, 1.165) is 18.4 Å². The van der Waals surface area contributed by atoms with Gasteiger partial charge in [0.1, 0.15) is 0 Å². The number of carboxylic acid groups (broad SMARTS) is 1. The molecule has 0 saturated heterocycles. The number of carboxylic acids is 1. The SMILES string of the molecule is CCCCCCCCc1ccccc1C(=O)O.N. The lowest BCUT2D eigenvalue weighted by Crippen LogP contribution is -2.02. The van der Waals surface area contributed by atoms with Gasteiger partial charge in [-0.25, -0.2) is 4.79 Å². The molecule has 0 heterocycles. The summed E-state index contributed by atoms with van der Waals surface area (Å²) in [6.45, 7) is 2.21. The average Bonchev–Trinajstić information content (AvgIpc) is 2.34. The molecule has 0 radical (unpaired) electrons. The zero-order chi connectivity index (χ0) is 12.5. The van der Waals surface area contributed by atoms with E-state index in [1.165, 1.54) is 32.1 Å². The molecule has 1 rings (SSSR count). The monoisotopic (exact) mass is 251 g/mol. The predicted molar refractivity (Wildman–Crippen MR) is 75.5 cm³/mol. The zero-order valence-corrected chi connectivity index (χ0v) is 11.3. The standard InChI is InChI=1S/C15H22O2.H3N/c1-2-3-4-5-6-7-10-13-11-8-9-12-14(13)15(16)17;/h8-9,11-12H,2-7,10H2,1H3,(H,16,17);1H3. The summed E-state index contributed by atoms with van der Waals surface area (Å²) in [5, 5.41) is 9.04. The van der Waals surface area contributed by atoms with Crippen molar-refractivity contribution in [3.63, 3.8) is 0 Å². The predicted octanol–water partition coefficient (Wildman–Crippen LogP) is 4.45. The van der Waals surface area contributed by atoms with Gasteiger partial charge in [0.2, 0.25) is 0 Å². The Kier molecular flexibility index (Phi) is 8.93. The van der Waals surface area contributed by atoms with Crippen LogP contribution in [0.2, 0.25) is 0 Å². The summed E-state index contributed by atoms with van der Waals surface area (Å²) in [7, 11) is 0. The summed E-state index contributed by atoms with van der Waals surface area (Å²) in [5.41, 5.74) is 1.43.